The molecule has 0 fully saturated rings. The van der Waals surface area contributed by atoms with E-state index in [4.69, 9.17) is 17.3 Å². The highest BCUT2D eigenvalue weighted by atomic mass is 35.5. The zero-order valence-electron chi connectivity index (χ0n) is 11.2. The van der Waals surface area contributed by atoms with Gasteiger partial charge in [0.2, 0.25) is 5.91 Å². The molecular weight excluding hydrogens is 304 g/mol. The minimum Gasteiger partial charge on any atom is -0.320 e. The van der Waals surface area contributed by atoms with E-state index in [2.05, 4.69) is 11.8 Å². The molecule has 0 atom stereocenters. The molecule has 0 bridgehead atoms. The molecule has 0 saturated heterocycles. The third kappa shape index (κ3) is 2.96. The number of nitrogens with two attached hydrogens (primary N) is 1. The number of fused-ring (bicyclic) bond motifs is 1. The predicted octanol–water partition coefficient (Wildman–Crippen LogP) is 2.80. The summed E-state index contributed by atoms with van der Waals surface area (Å²) < 4.78 is 0. The van der Waals surface area contributed by atoms with Gasteiger partial charge in [0.1, 0.15) is 0 Å². The van der Waals surface area contributed by atoms with Crippen molar-refractivity contribution < 1.29 is 4.79 Å². The van der Waals surface area contributed by atoms with Crippen LogP contribution in [0.15, 0.2) is 29.6 Å². The van der Waals surface area contributed by atoms with Gasteiger partial charge in [-0.1, -0.05) is 29.5 Å². The van der Waals surface area contributed by atoms with Crippen LogP contribution < -0.4 is 10.6 Å². The smallest absolute Gasteiger partial charge is 0.231 e. The molecule has 0 radical (unpaired) electrons. The molecule has 21 heavy (non-hydrogen) atoms. The number of hydrogen-bond acceptors (Lipinski definition) is 3. The third-order valence-electron chi connectivity index (χ3n) is 3.28. The van der Waals surface area contributed by atoms with E-state index in [1.54, 1.807) is 16.2 Å². The maximum atomic E-state index is 12.2. The maximum Gasteiger partial charge on any atom is 0.231 e. The topological polar surface area (TPSA) is 46.3 Å². The molecular formula is C16H13ClN2OS. The first-order valence-electron chi connectivity index (χ1n) is 6.52. The summed E-state index contributed by atoms with van der Waals surface area (Å²) in [6, 6.07) is 7.60. The fraction of sp³-hybridized carbons (Fsp3) is 0.188. The quantitative estimate of drug-likeness (QED) is 0.866. The number of carbonyl (C=O) groups is 1. The van der Waals surface area contributed by atoms with Crippen molar-refractivity contribution in [3.05, 3.63) is 50.7 Å². The Hall–Kier alpha value is -1.80. The summed E-state index contributed by atoms with van der Waals surface area (Å²) in [5, 5.41) is 2.63. The van der Waals surface area contributed by atoms with Crippen molar-refractivity contribution in [1.29, 1.82) is 0 Å². The van der Waals surface area contributed by atoms with E-state index in [0.29, 0.717) is 24.5 Å². The van der Waals surface area contributed by atoms with Gasteiger partial charge < -0.3 is 10.6 Å². The minimum absolute atomic E-state index is 0.107. The van der Waals surface area contributed by atoms with E-state index < -0.39 is 0 Å². The molecule has 2 aromatic rings. The monoisotopic (exact) mass is 316 g/mol. The van der Waals surface area contributed by atoms with Crippen molar-refractivity contribution >= 4 is 34.5 Å². The van der Waals surface area contributed by atoms with Crippen LogP contribution in [0.1, 0.15) is 16.0 Å². The van der Waals surface area contributed by atoms with Crippen LogP contribution in [0.2, 0.25) is 5.02 Å². The Bertz CT molecular complexity index is 757. The summed E-state index contributed by atoms with van der Waals surface area (Å²) in [5.41, 5.74) is 8.25. The summed E-state index contributed by atoms with van der Waals surface area (Å²) >= 11 is 7.63. The Balaban J connectivity index is 1.84. The van der Waals surface area contributed by atoms with E-state index >= 15 is 0 Å². The minimum atomic E-state index is 0.107. The van der Waals surface area contributed by atoms with E-state index in [1.165, 1.54) is 0 Å². The Morgan fingerprint density at radius 1 is 1.38 bits per heavy atom. The van der Waals surface area contributed by atoms with Crippen LogP contribution in [0.5, 0.6) is 0 Å². The fourth-order valence-electron chi connectivity index (χ4n) is 2.34. The number of hydrogen-bond donors (Lipinski definition) is 1. The van der Waals surface area contributed by atoms with Crippen LogP contribution in [-0.4, -0.2) is 12.5 Å². The maximum absolute atomic E-state index is 12.2. The molecule has 0 aliphatic carbocycles. The summed E-state index contributed by atoms with van der Waals surface area (Å²) in [6.07, 6.45) is 0.442. The lowest BCUT2D eigenvalue weighted by atomic mass is 10.2. The first kappa shape index (κ1) is 14.2. The normalized spacial score (nSPS) is 13.0. The third-order valence-corrected chi connectivity index (χ3v) is 4.44. The second-order valence-electron chi connectivity index (χ2n) is 4.74. The highest BCUT2D eigenvalue weighted by molar-refractivity contribution is 7.10. The van der Waals surface area contributed by atoms with Gasteiger partial charge in [-0.2, -0.15) is 0 Å². The molecule has 5 heteroatoms. The van der Waals surface area contributed by atoms with Gasteiger partial charge in [-0.05, 0) is 23.8 Å². The van der Waals surface area contributed by atoms with Crippen LogP contribution in [-0.2, 0) is 17.8 Å². The van der Waals surface area contributed by atoms with Gasteiger partial charge in [0.25, 0.3) is 0 Å². The highest BCUT2D eigenvalue weighted by Gasteiger charge is 2.27. The molecule has 1 aromatic heterocycles. The van der Waals surface area contributed by atoms with Gasteiger partial charge in [-0.25, -0.2) is 0 Å². The number of nitrogens with zero attached hydrogens (tertiary/aromatic N) is 1. The van der Waals surface area contributed by atoms with Crippen LogP contribution in [0.4, 0.5) is 5.69 Å². The molecule has 0 spiro atoms. The van der Waals surface area contributed by atoms with Crippen LogP contribution in [0, 0.1) is 11.8 Å². The average Bonchev–Trinajstić information content (AvgIpc) is 3.03. The molecule has 106 valence electrons. The van der Waals surface area contributed by atoms with Crippen LogP contribution >= 0.6 is 22.9 Å². The second-order valence-corrected chi connectivity index (χ2v) is 6.17. The molecule has 1 amide bonds. The SMILES string of the molecule is NCC#Cc1csc(CN2C(=O)Cc3ccc(Cl)cc32)c1. The van der Waals surface area contributed by atoms with Crippen molar-refractivity contribution in [3.63, 3.8) is 0 Å². The van der Waals surface area contributed by atoms with Crippen LogP contribution in [0.25, 0.3) is 0 Å². The number of carbonyl (C=O) groups excluding carboxylic acids is 1. The zero-order valence-corrected chi connectivity index (χ0v) is 12.8. The molecule has 2 heterocycles. The average molecular weight is 317 g/mol. The summed E-state index contributed by atoms with van der Waals surface area (Å²) in [4.78, 5) is 15.0. The lowest BCUT2D eigenvalue weighted by Crippen LogP contribution is -2.25. The number of benzene rings is 1. The van der Waals surface area contributed by atoms with Crippen molar-refractivity contribution in [2.24, 2.45) is 5.73 Å². The second kappa shape index (κ2) is 5.90. The van der Waals surface area contributed by atoms with Crippen molar-refractivity contribution in [1.82, 2.24) is 0 Å². The standard InChI is InChI=1S/C16H13ClN2OS/c17-13-4-3-12-7-16(20)19(15(12)8-13)9-14-6-11(10-21-14)2-1-5-18/h3-4,6,8,10H,5,7,9,18H2. The number of thiophene rings is 1. The Morgan fingerprint density at radius 3 is 3.05 bits per heavy atom. The van der Waals surface area contributed by atoms with Gasteiger partial charge in [0.15, 0.2) is 0 Å². The van der Waals surface area contributed by atoms with Gasteiger partial charge in [0, 0.05) is 26.5 Å². The van der Waals surface area contributed by atoms with E-state index in [-0.39, 0.29) is 5.91 Å². The highest BCUT2D eigenvalue weighted by Crippen LogP contribution is 2.33. The van der Waals surface area contributed by atoms with E-state index in [1.807, 2.05) is 29.6 Å². The summed E-state index contributed by atoms with van der Waals surface area (Å²) in [5.74, 6) is 5.94. The molecule has 0 saturated carbocycles. The van der Waals surface area contributed by atoms with Gasteiger partial charge in [-0.15, -0.1) is 11.3 Å². The largest absolute Gasteiger partial charge is 0.320 e. The van der Waals surface area contributed by atoms with E-state index in [0.717, 1.165) is 21.7 Å². The van der Waals surface area contributed by atoms with Gasteiger partial charge >= 0.3 is 0 Å². The molecule has 3 nitrogen and oxygen atoms in total. The first-order chi connectivity index (χ1) is 10.2. The predicted molar refractivity (Wildman–Crippen MR) is 86.6 cm³/mol. The Morgan fingerprint density at radius 2 is 2.24 bits per heavy atom. The summed E-state index contributed by atoms with van der Waals surface area (Å²) in [6.45, 7) is 0.906. The first-order valence-corrected chi connectivity index (χ1v) is 7.78. The zero-order chi connectivity index (χ0) is 14.8. The van der Waals surface area contributed by atoms with E-state index in [9.17, 15) is 4.79 Å². The Labute approximate surface area is 132 Å². The van der Waals surface area contributed by atoms with Crippen molar-refractivity contribution in [2.45, 2.75) is 13.0 Å². The molecule has 2 N–H and O–H groups in total. The van der Waals surface area contributed by atoms with Crippen LogP contribution in [0.3, 0.4) is 0 Å². The number of anilines is 1. The number of rotatable bonds is 2. The van der Waals surface area contributed by atoms with Gasteiger partial charge in [-0.3, -0.25) is 4.79 Å². The molecule has 1 aromatic carbocycles. The number of amides is 1. The molecule has 0 unspecified atom stereocenters. The van der Waals surface area contributed by atoms with Crippen molar-refractivity contribution in [2.75, 3.05) is 11.4 Å². The van der Waals surface area contributed by atoms with Gasteiger partial charge in [0.05, 0.1) is 19.5 Å². The molecule has 3 rings (SSSR count). The Kier molecular flexibility index (Phi) is 3.98. The number of halogens is 1. The molecule has 1 aliphatic rings. The lowest BCUT2D eigenvalue weighted by molar-refractivity contribution is -0.117. The lowest BCUT2D eigenvalue weighted by Gasteiger charge is -2.16. The van der Waals surface area contributed by atoms with Crippen molar-refractivity contribution in [3.8, 4) is 11.8 Å². The molecule has 1 aliphatic heterocycles. The fourth-order valence-corrected chi connectivity index (χ4v) is 3.31. The summed E-state index contributed by atoms with van der Waals surface area (Å²) in [7, 11) is 0.